The lowest BCUT2D eigenvalue weighted by atomic mass is 9.84. The van der Waals surface area contributed by atoms with Crippen molar-refractivity contribution < 1.29 is 4.79 Å². The van der Waals surface area contributed by atoms with E-state index in [0.717, 1.165) is 49.2 Å². The van der Waals surface area contributed by atoms with Gasteiger partial charge in [0.15, 0.2) is 0 Å². The van der Waals surface area contributed by atoms with Crippen molar-refractivity contribution in [3.63, 3.8) is 0 Å². The van der Waals surface area contributed by atoms with E-state index in [4.69, 9.17) is 4.98 Å². The molecule has 0 spiro atoms. The molecule has 22 heavy (non-hydrogen) atoms. The summed E-state index contributed by atoms with van der Waals surface area (Å²) in [7, 11) is 0. The van der Waals surface area contributed by atoms with Crippen molar-refractivity contribution in [3.8, 4) is 0 Å². The second-order valence-corrected chi connectivity index (χ2v) is 6.76. The van der Waals surface area contributed by atoms with Gasteiger partial charge >= 0.3 is 0 Å². The molecule has 5 heteroatoms. The zero-order valence-corrected chi connectivity index (χ0v) is 13.3. The zero-order chi connectivity index (χ0) is 15.6. The van der Waals surface area contributed by atoms with Crippen LogP contribution in [-0.2, 0) is 10.2 Å². The van der Waals surface area contributed by atoms with Gasteiger partial charge in [-0.05, 0) is 43.6 Å². The van der Waals surface area contributed by atoms with Gasteiger partial charge in [-0.2, -0.15) is 0 Å². The highest BCUT2D eigenvalue weighted by Crippen LogP contribution is 2.28. The molecule has 3 rings (SSSR count). The highest BCUT2D eigenvalue weighted by molar-refractivity contribution is 5.76. The van der Waals surface area contributed by atoms with Crippen LogP contribution in [0.25, 0.3) is 11.0 Å². The van der Waals surface area contributed by atoms with Crippen molar-refractivity contribution >= 4 is 17.4 Å². The molecule has 0 bridgehead atoms. The fraction of sp³-hybridized carbons (Fsp3) is 0.529. The van der Waals surface area contributed by atoms with Crippen LogP contribution in [0.2, 0.25) is 0 Å². The lowest BCUT2D eigenvalue weighted by Crippen LogP contribution is -2.32. The maximum atomic E-state index is 10.5. The van der Waals surface area contributed by atoms with Crippen LogP contribution in [0.15, 0.2) is 18.2 Å². The highest BCUT2D eigenvalue weighted by Gasteiger charge is 2.22. The Labute approximate surface area is 130 Å². The molecule has 1 aromatic carbocycles. The van der Waals surface area contributed by atoms with Gasteiger partial charge in [-0.1, -0.05) is 19.9 Å². The van der Waals surface area contributed by atoms with Crippen LogP contribution in [0.3, 0.4) is 0 Å². The number of imidazole rings is 1. The smallest absolute Gasteiger partial charge is 0.207 e. The Kier molecular flexibility index (Phi) is 4.16. The van der Waals surface area contributed by atoms with Gasteiger partial charge in [-0.25, -0.2) is 4.98 Å². The standard InChI is InChI=1S/C17H24N4O/c1-17(2,10-19-11-22)13-3-4-14-15(9-13)21-16(20-14)12-5-7-18-8-6-12/h3-4,9,11-12,18H,5-8,10H2,1-2H3,(H,19,22)(H,20,21). The summed E-state index contributed by atoms with van der Waals surface area (Å²) in [6, 6.07) is 6.37. The average molecular weight is 300 g/mol. The minimum atomic E-state index is -0.108. The lowest BCUT2D eigenvalue weighted by molar-refractivity contribution is -0.109. The Hall–Kier alpha value is -1.88. The third-order valence-corrected chi connectivity index (χ3v) is 4.64. The minimum Gasteiger partial charge on any atom is -0.358 e. The fourth-order valence-corrected chi connectivity index (χ4v) is 3.13. The van der Waals surface area contributed by atoms with Crippen LogP contribution >= 0.6 is 0 Å². The molecule has 118 valence electrons. The Morgan fingerprint density at radius 2 is 2.14 bits per heavy atom. The Bertz CT molecular complexity index is 656. The number of nitrogens with zero attached hydrogens (tertiary/aromatic N) is 1. The quantitative estimate of drug-likeness (QED) is 0.740. The summed E-state index contributed by atoms with van der Waals surface area (Å²) in [5.74, 6) is 1.64. The molecule has 0 saturated carbocycles. The van der Waals surface area contributed by atoms with E-state index in [-0.39, 0.29) is 5.41 Å². The number of aromatic amines is 1. The van der Waals surface area contributed by atoms with E-state index in [2.05, 4.69) is 47.7 Å². The predicted molar refractivity (Wildman–Crippen MR) is 88.0 cm³/mol. The van der Waals surface area contributed by atoms with Gasteiger partial charge in [0.25, 0.3) is 0 Å². The van der Waals surface area contributed by atoms with Gasteiger partial charge in [0.1, 0.15) is 5.82 Å². The summed E-state index contributed by atoms with van der Waals surface area (Å²) in [5.41, 5.74) is 3.20. The van der Waals surface area contributed by atoms with Crippen LogP contribution in [0.5, 0.6) is 0 Å². The Balaban J connectivity index is 1.87. The van der Waals surface area contributed by atoms with E-state index in [1.54, 1.807) is 0 Å². The van der Waals surface area contributed by atoms with Crippen molar-refractivity contribution in [1.82, 2.24) is 20.6 Å². The summed E-state index contributed by atoms with van der Waals surface area (Å²) in [6.45, 7) is 7.01. The van der Waals surface area contributed by atoms with Crippen molar-refractivity contribution in [2.45, 2.75) is 38.0 Å². The number of rotatable bonds is 5. The normalized spacial score (nSPS) is 16.8. The molecule has 3 N–H and O–H groups in total. The van der Waals surface area contributed by atoms with Gasteiger partial charge in [0, 0.05) is 17.9 Å². The number of hydrogen-bond acceptors (Lipinski definition) is 3. The molecule has 1 amide bonds. The number of carbonyl (C=O) groups is 1. The summed E-state index contributed by atoms with van der Waals surface area (Å²) in [5, 5.41) is 6.17. The topological polar surface area (TPSA) is 69.8 Å². The fourth-order valence-electron chi connectivity index (χ4n) is 3.13. The number of nitrogens with one attached hydrogen (secondary N) is 3. The predicted octanol–water partition coefficient (Wildman–Crippen LogP) is 2.05. The first-order valence-electron chi connectivity index (χ1n) is 7.98. The van der Waals surface area contributed by atoms with E-state index >= 15 is 0 Å². The average Bonchev–Trinajstić information content (AvgIpc) is 2.97. The van der Waals surface area contributed by atoms with Crippen LogP contribution in [0.1, 0.15) is 44.0 Å². The Morgan fingerprint density at radius 3 is 2.86 bits per heavy atom. The Morgan fingerprint density at radius 1 is 1.36 bits per heavy atom. The molecule has 1 aliphatic heterocycles. The summed E-state index contributed by atoms with van der Waals surface area (Å²) < 4.78 is 0. The molecule has 1 aliphatic rings. The van der Waals surface area contributed by atoms with Gasteiger partial charge in [0.05, 0.1) is 11.0 Å². The van der Waals surface area contributed by atoms with Gasteiger partial charge < -0.3 is 15.6 Å². The van der Waals surface area contributed by atoms with Crippen LogP contribution in [0, 0.1) is 0 Å². The maximum absolute atomic E-state index is 10.5. The molecule has 1 saturated heterocycles. The SMILES string of the molecule is CC(C)(CNC=O)c1ccc2[nH]c(C3CCNCC3)nc2c1. The number of carbonyl (C=O) groups excluding carboxylic acids is 1. The summed E-state index contributed by atoms with van der Waals surface area (Å²) >= 11 is 0. The molecule has 1 aromatic heterocycles. The number of aromatic nitrogens is 2. The van der Waals surface area contributed by atoms with Crippen molar-refractivity contribution in [2.24, 2.45) is 0 Å². The van der Waals surface area contributed by atoms with Crippen molar-refractivity contribution in [1.29, 1.82) is 0 Å². The van der Waals surface area contributed by atoms with Crippen LogP contribution in [-0.4, -0.2) is 36.0 Å². The number of fused-ring (bicyclic) bond motifs is 1. The van der Waals surface area contributed by atoms with Gasteiger partial charge in [-0.15, -0.1) is 0 Å². The first kappa shape index (κ1) is 15.0. The van der Waals surface area contributed by atoms with Crippen LogP contribution in [0.4, 0.5) is 0 Å². The summed E-state index contributed by atoms with van der Waals surface area (Å²) in [4.78, 5) is 18.8. The number of piperidine rings is 1. The molecule has 0 aliphatic carbocycles. The minimum absolute atomic E-state index is 0.108. The van der Waals surface area contributed by atoms with E-state index in [9.17, 15) is 4.79 Å². The largest absolute Gasteiger partial charge is 0.358 e. The number of H-pyrrole nitrogens is 1. The number of amides is 1. The van der Waals surface area contributed by atoms with Gasteiger partial charge in [-0.3, -0.25) is 4.79 Å². The molecule has 5 nitrogen and oxygen atoms in total. The molecule has 1 fully saturated rings. The first-order valence-corrected chi connectivity index (χ1v) is 7.98. The molecular weight excluding hydrogens is 276 g/mol. The van der Waals surface area contributed by atoms with E-state index in [1.165, 1.54) is 5.56 Å². The molecule has 0 unspecified atom stereocenters. The molecular formula is C17H24N4O. The first-order chi connectivity index (χ1) is 10.6. The zero-order valence-electron chi connectivity index (χ0n) is 13.3. The number of benzene rings is 1. The van der Waals surface area contributed by atoms with Gasteiger partial charge in [0.2, 0.25) is 6.41 Å². The highest BCUT2D eigenvalue weighted by atomic mass is 16.1. The monoisotopic (exact) mass is 300 g/mol. The lowest BCUT2D eigenvalue weighted by Gasteiger charge is -2.24. The van der Waals surface area contributed by atoms with E-state index in [0.29, 0.717) is 12.5 Å². The second-order valence-electron chi connectivity index (χ2n) is 6.76. The third-order valence-electron chi connectivity index (χ3n) is 4.64. The molecule has 2 aromatic rings. The van der Waals surface area contributed by atoms with Crippen molar-refractivity contribution in [2.75, 3.05) is 19.6 Å². The number of hydrogen-bond donors (Lipinski definition) is 3. The third kappa shape index (κ3) is 2.99. The van der Waals surface area contributed by atoms with E-state index < -0.39 is 0 Å². The van der Waals surface area contributed by atoms with Crippen LogP contribution < -0.4 is 10.6 Å². The summed E-state index contributed by atoms with van der Waals surface area (Å²) in [6.07, 6.45) is 3.03. The molecule has 0 radical (unpaired) electrons. The van der Waals surface area contributed by atoms with E-state index in [1.807, 2.05) is 0 Å². The van der Waals surface area contributed by atoms with Crippen molar-refractivity contribution in [3.05, 3.63) is 29.6 Å². The second kappa shape index (κ2) is 6.08. The maximum Gasteiger partial charge on any atom is 0.207 e. The molecule has 0 atom stereocenters. The molecule has 2 heterocycles.